The van der Waals surface area contributed by atoms with E-state index in [1.54, 1.807) is 54.4 Å². The number of amides is 1. The van der Waals surface area contributed by atoms with E-state index in [0.717, 1.165) is 43.1 Å². The first-order valence-corrected chi connectivity index (χ1v) is 19.9. The molecule has 6 unspecified atom stereocenters. The van der Waals surface area contributed by atoms with Crippen molar-refractivity contribution in [2.45, 2.75) is 62.7 Å². The molecular formula is C45H52N2O11. The second-order valence-corrected chi connectivity index (χ2v) is 15.1. The summed E-state index contributed by atoms with van der Waals surface area (Å²) in [7, 11) is 4.78. The average molecular weight is 797 g/mol. The highest BCUT2D eigenvalue weighted by molar-refractivity contribution is 6.03. The lowest BCUT2D eigenvalue weighted by atomic mass is 9.55. The van der Waals surface area contributed by atoms with Crippen molar-refractivity contribution in [3.63, 3.8) is 0 Å². The lowest BCUT2D eigenvalue weighted by Gasteiger charge is -2.59. The third-order valence-corrected chi connectivity index (χ3v) is 11.8. The van der Waals surface area contributed by atoms with E-state index in [-0.39, 0.29) is 56.7 Å². The van der Waals surface area contributed by atoms with Gasteiger partial charge in [-0.05, 0) is 97.7 Å². The number of aliphatic hydroxyl groups excluding tert-OH is 2. The number of benzene rings is 3. The SMILES string of the molecule is C=CCOC12Oc3ccc(Oc4ccc(OC)c(C=O)c4)cc3C3C(CCCCO)C(CCCCO)C=C(C(=NOC)CC1N(C)C(=O)c1ccc4c(c1)OCO4)C32. The van der Waals surface area contributed by atoms with Crippen molar-refractivity contribution >= 4 is 17.9 Å². The second kappa shape index (κ2) is 18.0. The van der Waals surface area contributed by atoms with Gasteiger partial charge < -0.3 is 48.4 Å². The first-order chi connectivity index (χ1) is 28.3. The number of ether oxygens (including phenoxy) is 6. The summed E-state index contributed by atoms with van der Waals surface area (Å²) in [5, 5.41) is 24.3. The number of fused-ring (bicyclic) bond motifs is 3. The number of allylic oxidation sites excluding steroid dienone is 1. The molecule has 3 aromatic carbocycles. The number of methoxy groups -OCH3 is 1. The van der Waals surface area contributed by atoms with Crippen LogP contribution in [-0.4, -0.2) is 92.7 Å². The van der Waals surface area contributed by atoms with Gasteiger partial charge in [-0.2, -0.15) is 0 Å². The van der Waals surface area contributed by atoms with E-state index in [1.807, 2.05) is 18.2 Å². The molecule has 1 fully saturated rings. The van der Waals surface area contributed by atoms with Crippen LogP contribution in [0.4, 0.5) is 0 Å². The van der Waals surface area contributed by atoms with Crippen LogP contribution in [0.5, 0.6) is 34.5 Å². The number of likely N-dealkylation sites (N-methyl/N-ethyl adjacent to an activating group) is 1. The molecule has 13 heteroatoms. The Kier molecular flexibility index (Phi) is 12.7. The maximum Gasteiger partial charge on any atom is 0.254 e. The Morgan fingerprint density at radius 3 is 2.45 bits per heavy atom. The standard InChI is InChI=1S/C45H52N2O11/c1-5-20-56-45-41(47(2)44(51)29-12-15-39-40(23-29)55-27-54-39)25-36(46-53-4)34-22-28(10-6-8-18-48)33(11-7-9-19-49)42(43(34)45)35-24-32(14-17-38(35)58-45)57-31-13-16-37(52-3)30(21-31)26-50/h5,12-17,21-24,26,28,33,41-43,48-49H,1,6-11,18-20,25,27H2,2-4H3. The molecule has 4 aliphatic rings. The van der Waals surface area contributed by atoms with E-state index < -0.39 is 17.7 Å². The highest BCUT2D eigenvalue weighted by Crippen LogP contribution is 2.62. The van der Waals surface area contributed by atoms with Crippen LogP contribution in [0.3, 0.4) is 0 Å². The molecule has 13 nitrogen and oxygen atoms in total. The van der Waals surface area contributed by atoms with Crippen molar-refractivity contribution in [2.24, 2.45) is 22.9 Å². The Hall–Kier alpha value is -5.37. The van der Waals surface area contributed by atoms with E-state index in [9.17, 15) is 19.8 Å². The summed E-state index contributed by atoms with van der Waals surface area (Å²) in [5.41, 5.74) is 3.28. The van der Waals surface area contributed by atoms with E-state index in [4.69, 9.17) is 33.3 Å². The van der Waals surface area contributed by atoms with Gasteiger partial charge in [0.25, 0.3) is 5.91 Å². The maximum atomic E-state index is 14.6. The van der Waals surface area contributed by atoms with Crippen molar-refractivity contribution in [3.8, 4) is 34.5 Å². The van der Waals surface area contributed by atoms with Gasteiger partial charge in [0, 0.05) is 43.7 Å². The molecule has 0 spiro atoms. The molecule has 2 aliphatic heterocycles. The molecule has 308 valence electrons. The number of nitrogens with zero attached hydrogens (tertiary/aromatic N) is 2. The molecule has 0 saturated heterocycles. The Labute approximate surface area is 338 Å². The fraction of sp³-hybridized carbons (Fsp3) is 0.444. The molecular weight excluding hydrogens is 744 g/mol. The fourth-order valence-electron chi connectivity index (χ4n) is 9.28. The molecule has 0 aromatic heterocycles. The molecule has 1 saturated carbocycles. The lowest BCUT2D eigenvalue weighted by molar-refractivity contribution is -0.252. The zero-order valence-electron chi connectivity index (χ0n) is 33.3. The van der Waals surface area contributed by atoms with Gasteiger partial charge in [0.15, 0.2) is 17.8 Å². The summed E-state index contributed by atoms with van der Waals surface area (Å²) in [4.78, 5) is 33.6. The van der Waals surface area contributed by atoms with Crippen LogP contribution in [0.1, 0.15) is 77.1 Å². The van der Waals surface area contributed by atoms with Crippen LogP contribution in [-0.2, 0) is 9.57 Å². The monoisotopic (exact) mass is 796 g/mol. The first-order valence-electron chi connectivity index (χ1n) is 19.9. The zero-order valence-corrected chi connectivity index (χ0v) is 33.3. The Balaban J connectivity index is 1.40. The van der Waals surface area contributed by atoms with Gasteiger partial charge in [0.1, 0.15) is 36.1 Å². The molecule has 2 aliphatic carbocycles. The van der Waals surface area contributed by atoms with Crippen LogP contribution in [0.25, 0.3) is 0 Å². The number of hydrogen-bond donors (Lipinski definition) is 2. The number of aldehydes is 1. The normalized spacial score (nSPS) is 24.5. The molecule has 7 rings (SSSR count). The third kappa shape index (κ3) is 7.78. The van der Waals surface area contributed by atoms with Gasteiger partial charge >= 0.3 is 0 Å². The molecule has 58 heavy (non-hydrogen) atoms. The van der Waals surface area contributed by atoms with Gasteiger partial charge in [-0.3, -0.25) is 9.59 Å². The molecule has 2 heterocycles. The summed E-state index contributed by atoms with van der Waals surface area (Å²) in [6.45, 7) is 4.37. The lowest BCUT2D eigenvalue weighted by Crippen LogP contribution is -2.69. The quantitative estimate of drug-likeness (QED) is 0.0588. The summed E-state index contributed by atoms with van der Waals surface area (Å²) in [6.07, 6.45) is 9.46. The van der Waals surface area contributed by atoms with Crippen LogP contribution < -0.4 is 23.7 Å². The van der Waals surface area contributed by atoms with Crippen molar-refractivity contribution in [2.75, 3.05) is 47.9 Å². The number of hydrogen-bond acceptors (Lipinski definition) is 12. The minimum Gasteiger partial charge on any atom is -0.496 e. The van der Waals surface area contributed by atoms with Crippen LogP contribution in [0.15, 0.2) is 84.1 Å². The van der Waals surface area contributed by atoms with Crippen LogP contribution in [0.2, 0.25) is 0 Å². The Bertz CT molecular complexity index is 2050. The summed E-state index contributed by atoms with van der Waals surface area (Å²) in [5.74, 6) is 0.804. The minimum atomic E-state index is -1.41. The molecule has 0 bridgehead atoms. The zero-order chi connectivity index (χ0) is 40.8. The van der Waals surface area contributed by atoms with Crippen molar-refractivity contribution in [3.05, 3.63) is 95.6 Å². The van der Waals surface area contributed by atoms with Crippen molar-refractivity contribution in [1.82, 2.24) is 4.90 Å². The maximum absolute atomic E-state index is 14.6. The number of oxime groups is 1. The highest BCUT2D eigenvalue weighted by Gasteiger charge is 2.65. The van der Waals surface area contributed by atoms with Gasteiger partial charge in [0.05, 0.1) is 30.9 Å². The van der Waals surface area contributed by atoms with Crippen molar-refractivity contribution < 1.29 is 53.1 Å². The Morgan fingerprint density at radius 2 is 1.71 bits per heavy atom. The topological polar surface area (TPSA) is 155 Å². The summed E-state index contributed by atoms with van der Waals surface area (Å²) < 4.78 is 37.1. The average Bonchev–Trinajstić information content (AvgIpc) is 3.72. The van der Waals surface area contributed by atoms with E-state index in [2.05, 4.69) is 17.8 Å². The largest absolute Gasteiger partial charge is 0.496 e. The highest BCUT2D eigenvalue weighted by atomic mass is 16.7. The van der Waals surface area contributed by atoms with E-state index in [1.165, 1.54) is 14.2 Å². The third-order valence-electron chi connectivity index (χ3n) is 11.8. The predicted molar refractivity (Wildman–Crippen MR) is 215 cm³/mol. The van der Waals surface area contributed by atoms with Gasteiger partial charge in [0.2, 0.25) is 12.6 Å². The summed E-state index contributed by atoms with van der Waals surface area (Å²) >= 11 is 0. The molecule has 6 atom stereocenters. The van der Waals surface area contributed by atoms with Gasteiger partial charge in [-0.1, -0.05) is 30.1 Å². The number of aliphatic hydroxyl groups is 2. The fourth-order valence-corrected chi connectivity index (χ4v) is 9.28. The van der Waals surface area contributed by atoms with Crippen molar-refractivity contribution in [1.29, 1.82) is 0 Å². The number of unbranched alkanes of at least 4 members (excludes halogenated alkanes) is 2. The van der Waals surface area contributed by atoms with Crippen LogP contribution >= 0.6 is 0 Å². The first kappa shape index (κ1) is 40.8. The smallest absolute Gasteiger partial charge is 0.254 e. The number of rotatable bonds is 18. The second-order valence-electron chi connectivity index (χ2n) is 15.1. The molecule has 0 radical (unpaired) electrons. The Morgan fingerprint density at radius 1 is 0.966 bits per heavy atom. The number of carbonyl (C=O) groups is 2. The van der Waals surface area contributed by atoms with E-state index in [0.29, 0.717) is 64.2 Å². The van der Waals surface area contributed by atoms with Gasteiger partial charge in [-0.15, -0.1) is 6.58 Å². The van der Waals surface area contributed by atoms with Gasteiger partial charge in [-0.25, -0.2) is 0 Å². The van der Waals surface area contributed by atoms with Crippen LogP contribution in [0, 0.1) is 17.8 Å². The molecule has 1 amide bonds. The molecule has 3 aromatic rings. The molecule has 2 N–H and O–H groups in total. The van der Waals surface area contributed by atoms with E-state index >= 15 is 0 Å². The minimum absolute atomic E-state index is 0.0312. The predicted octanol–water partition coefficient (Wildman–Crippen LogP) is 7.06. The summed E-state index contributed by atoms with van der Waals surface area (Å²) in [6, 6.07) is 15.2. The number of carbonyl (C=O) groups excluding carboxylic acids is 2.